The fourth-order valence-corrected chi connectivity index (χ4v) is 3.60. The third kappa shape index (κ3) is 4.53. The number of nitriles is 1. The molecule has 28 heavy (non-hydrogen) atoms. The van der Waals surface area contributed by atoms with Gasteiger partial charge in [0, 0.05) is 22.8 Å². The monoisotopic (exact) mass is 411 g/mol. The molecule has 3 aromatic rings. The van der Waals surface area contributed by atoms with Crippen molar-refractivity contribution in [3.8, 4) is 17.5 Å². The van der Waals surface area contributed by atoms with Crippen molar-refractivity contribution in [3.63, 3.8) is 0 Å². The first-order valence-electron chi connectivity index (χ1n) is 8.68. The first-order chi connectivity index (χ1) is 13.5. The lowest BCUT2D eigenvalue weighted by atomic mass is 10.2. The average Bonchev–Trinajstić information content (AvgIpc) is 3.11. The van der Waals surface area contributed by atoms with E-state index in [1.165, 1.54) is 11.8 Å². The van der Waals surface area contributed by atoms with E-state index in [2.05, 4.69) is 21.6 Å². The molecule has 0 spiro atoms. The van der Waals surface area contributed by atoms with E-state index in [4.69, 9.17) is 16.9 Å². The largest absolute Gasteiger partial charge is 0.325 e. The molecular weight excluding hydrogens is 394 g/mol. The predicted molar refractivity (Wildman–Crippen MR) is 111 cm³/mol. The van der Waals surface area contributed by atoms with Gasteiger partial charge in [0.15, 0.2) is 11.0 Å². The van der Waals surface area contributed by atoms with E-state index < -0.39 is 0 Å². The minimum Gasteiger partial charge on any atom is -0.325 e. The zero-order chi connectivity index (χ0) is 20.1. The number of benzene rings is 2. The zero-order valence-electron chi connectivity index (χ0n) is 15.4. The lowest BCUT2D eigenvalue weighted by Crippen LogP contribution is -2.22. The van der Waals surface area contributed by atoms with Gasteiger partial charge in [0.25, 0.3) is 0 Å². The molecule has 0 unspecified atom stereocenters. The third-order valence-corrected chi connectivity index (χ3v) is 5.40. The fraction of sp³-hybridized carbons (Fsp3) is 0.200. The second-order valence-electron chi connectivity index (χ2n) is 6.00. The molecule has 1 atom stereocenters. The first-order valence-corrected chi connectivity index (χ1v) is 9.94. The van der Waals surface area contributed by atoms with Crippen molar-refractivity contribution in [2.45, 2.75) is 30.8 Å². The Hall–Kier alpha value is -2.82. The van der Waals surface area contributed by atoms with Crippen LogP contribution in [0.3, 0.4) is 0 Å². The number of aromatic nitrogens is 3. The minimum atomic E-state index is -0.372. The number of halogens is 1. The summed E-state index contributed by atoms with van der Waals surface area (Å²) in [5.41, 5.74) is 2.11. The molecule has 0 saturated heterocycles. The van der Waals surface area contributed by atoms with Crippen molar-refractivity contribution in [1.82, 2.24) is 14.8 Å². The summed E-state index contributed by atoms with van der Waals surface area (Å²) >= 11 is 7.31. The molecule has 0 radical (unpaired) electrons. The summed E-state index contributed by atoms with van der Waals surface area (Å²) in [5, 5.41) is 21.2. The van der Waals surface area contributed by atoms with E-state index in [0.29, 0.717) is 28.0 Å². The molecule has 0 aliphatic heterocycles. The second-order valence-corrected chi connectivity index (χ2v) is 7.74. The molecular formula is C20H18ClN5OS. The van der Waals surface area contributed by atoms with Gasteiger partial charge in [0.1, 0.15) is 0 Å². The standard InChI is InChI=1S/C20H18ClN5OS/c1-3-26-18(15-6-8-16(21)9-7-15)24-25-20(26)28-13(2)19(27)23-17-10-4-14(12-22)5-11-17/h4-11,13H,3H2,1-2H3,(H,23,27)/t13-/m0/s1. The Morgan fingerprint density at radius 1 is 1.21 bits per heavy atom. The Morgan fingerprint density at radius 3 is 2.50 bits per heavy atom. The quantitative estimate of drug-likeness (QED) is 0.599. The highest BCUT2D eigenvalue weighted by atomic mass is 35.5. The lowest BCUT2D eigenvalue weighted by molar-refractivity contribution is -0.115. The number of nitrogens with zero attached hydrogens (tertiary/aromatic N) is 4. The predicted octanol–water partition coefficient (Wildman–Crippen LogP) is 4.61. The van der Waals surface area contributed by atoms with Gasteiger partial charge in [0.2, 0.25) is 5.91 Å². The fourth-order valence-electron chi connectivity index (χ4n) is 2.56. The molecule has 8 heteroatoms. The van der Waals surface area contributed by atoms with Gasteiger partial charge in [-0.25, -0.2) is 0 Å². The summed E-state index contributed by atoms with van der Waals surface area (Å²) < 4.78 is 1.97. The van der Waals surface area contributed by atoms with Crippen LogP contribution in [0.5, 0.6) is 0 Å². The van der Waals surface area contributed by atoms with E-state index in [1.54, 1.807) is 24.3 Å². The van der Waals surface area contributed by atoms with Crippen LogP contribution in [0.1, 0.15) is 19.4 Å². The summed E-state index contributed by atoms with van der Waals surface area (Å²) in [4.78, 5) is 12.5. The second kappa shape index (κ2) is 8.91. The van der Waals surface area contributed by atoms with E-state index in [-0.39, 0.29) is 11.2 Å². The summed E-state index contributed by atoms with van der Waals surface area (Å²) in [7, 11) is 0. The van der Waals surface area contributed by atoms with Crippen LogP contribution >= 0.6 is 23.4 Å². The number of hydrogen-bond acceptors (Lipinski definition) is 5. The van der Waals surface area contributed by atoms with Crippen molar-refractivity contribution >= 4 is 35.0 Å². The maximum atomic E-state index is 12.5. The molecule has 6 nitrogen and oxygen atoms in total. The molecule has 0 fully saturated rings. The van der Waals surface area contributed by atoms with Gasteiger partial charge in [0.05, 0.1) is 16.9 Å². The number of carbonyl (C=O) groups excluding carboxylic acids is 1. The molecule has 3 rings (SSSR count). The average molecular weight is 412 g/mol. The minimum absolute atomic E-state index is 0.145. The van der Waals surface area contributed by atoms with E-state index >= 15 is 0 Å². The van der Waals surface area contributed by atoms with Crippen LogP contribution in [0, 0.1) is 11.3 Å². The highest BCUT2D eigenvalue weighted by Crippen LogP contribution is 2.28. The van der Waals surface area contributed by atoms with Crippen LogP contribution in [-0.2, 0) is 11.3 Å². The molecule has 0 aliphatic rings. The van der Waals surface area contributed by atoms with Crippen LogP contribution in [0.4, 0.5) is 5.69 Å². The molecule has 1 heterocycles. The molecule has 0 aliphatic carbocycles. The first kappa shape index (κ1) is 19.9. The Bertz CT molecular complexity index is 1010. The molecule has 1 aromatic heterocycles. The number of amides is 1. The smallest absolute Gasteiger partial charge is 0.237 e. The molecule has 142 valence electrons. The van der Waals surface area contributed by atoms with Gasteiger partial charge >= 0.3 is 0 Å². The molecule has 1 amide bonds. The van der Waals surface area contributed by atoms with Crippen LogP contribution in [0.2, 0.25) is 5.02 Å². The molecule has 2 aromatic carbocycles. The molecule has 0 bridgehead atoms. The van der Waals surface area contributed by atoms with Crippen LogP contribution in [0.15, 0.2) is 53.7 Å². The Balaban J connectivity index is 1.72. The summed E-state index contributed by atoms with van der Waals surface area (Å²) in [5.74, 6) is 0.592. The Labute approximate surface area is 172 Å². The maximum absolute atomic E-state index is 12.5. The van der Waals surface area contributed by atoms with Gasteiger partial charge < -0.3 is 9.88 Å². The van der Waals surface area contributed by atoms with Crippen molar-refractivity contribution in [3.05, 3.63) is 59.1 Å². The van der Waals surface area contributed by atoms with Gasteiger partial charge in [-0.1, -0.05) is 23.4 Å². The SMILES string of the molecule is CCn1c(S[C@@H](C)C(=O)Nc2ccc(C#N)cc2)nnc1-c1ccc(Cl)cc1. The lowest BCUT2D eigenvalue weighted by Gasteiger charge is -2.13. The highest BCUT2D eigenvalue weighted by molar-refractivity contribution is 8.00. The van der Waals surface area contributed by atoms with Crippen molar-refractivity contribution in [1.29, 1.82) is 5.26 Å². The number of hydrogen-bond donors (Lipinski definition) is 1. The Morgan fingerprint density at radius 2 is 1.89 bits per heavy atom. The van der Waals surface area contributed by atoms with Crippen LogP contribution in [0.25, 0.3) is 11.4 Å². The molecule has 1 N–H and O–H groups in total. The van der Waals surface area contributed by atoms with Crippen molar-refractivity contribution in [2.75, 3.05) is 5.32 Å². The molecule has 0 saturated carbocycles. The van der Waals surface area contributed by atoms with Gasteiger partial charge in [-0.3, -0.25) is 4.79 Å². The third-order valence-electron chi connectivity index (χ3n) is 4.07. The van der Waals surface area contributed by atoms with E-state index in [0.717, 1.165) is 11.4 Å². The summed E-state index contributed by atoms with van der Waals surface area (Å²) in [6.45, 7) is 4.51. The number of nitrogens with one attached hydrogen (secondary N) is 1. The number of thioether (sulfide) groups is 1. The zero-order valence-corrected chi connectivity index (χ0v) is 17.0. The number of rotatable bonds is 6. The maximum Gasteiger partial charge on any atom is 0.237 e. The van der Waals surface area contributed by atoms with Gasteiger partial charge in [-0.2, -0.15) is 5.26 Å². The van der Waals surface area contributed by atoms with Crippen molar-refractivity contribution < 1.29 is 4.79 Å². The normalized spacial score (nSPS) is 11.6. The number of anilines is 1. The van der Waals surface area contributed by atoms with Crippen molar-refractivity contribution in [2.24, 2.45) is 0 Å². The van der Waals surface area contributed by atoms with E-state index in [1.807, 2.05) is 42.7 Å². The van der Waals surface area contributed by atoms with Crippen LogP contribution < -0.4 is 5.32 Å². The summed E-state index contributed by atoms with van der Waals surface area (Å²) in [6, 6.07) is 16.2. The van der Waals surface area contributed by atoms with Gasteiger partial charge in [-0.05, 0) is 62.4 Å². The summed E-state index contributed by atoms with van der Waals surface area (Å²) in [6.07, 6.45) is 0. The van der Waals surface area contributed by atoms with E-state index in [9.17, 15) is 4.79 Å². The topological polar surface area (TPSA) is 83.6 Å². The van der Waals surface area contributed by atoms with Gasteiger partial charge in [-0.15, -0.1) is 10.2 Å². The Kier molecular flexibility index (Phi) is 6.34. The highest BCUT2D eigenvalue weighted by Gasteiger charge is 2.20. The number of carbonyl (C=O) groups is 1. The van der Waals surface area contributed by atoms with Crippen LogP contribution in [-0.4, -0.2) is 25.9 Å².